The van der Waals surface area contributed by atoms with E-state index in [4.69, 9.17) is 4.55 Å². The van der Waals surface area contributed by atoms with Gasteiger partial charge in [-0.2, -0.15) is 13.3 Å². The fourth-order valence-corrected chi connectivity index (χ4v) is 0.979. The second-order valence-electron chi connectivity index (χ2n) is 1.79. The Kier molecular flexibility index (Phi) is 2.39. The summed E-state index contributed by atoms with van der Waals surface area (Å²) in [4.78, 5) is 1.37. The number of hydrogen-bond donors (Lipinski definition) is 1. The Labute approximate surface area is 48.9 Å². The summed E-state index contributed by atoms with van der Waals surface area (Å²) in [6.45, 7) is 0. The van der Waals surface area contributed by atoms with E-state index in [2.05, 4.69) is 0 Å². The number of nitrogens with zero attached hydrogens (tertiary/aromatic N) is 1. The SMILES string of the molecule is C[N+](C)CS(=O)(=O)O. The van der Waals surface area contributed by atoms with Gasteiger partial charge in [-0.3, -0.25) is 4.55 Å². The molecule has 0 rings (SSSR count). The van der Waals surface area contributed by atoms with E-state index in [1.54, 1.807) is 14.1 Å². The van der Waals surface area contributed by atoms with Gasteiger partial charge in [0.15, 0.2) is 0 Å². The van der Waals surface area contributed by atoms with Crippen LogP contribution in [0.1, 0.15) is 0 Å². The number of hydrogen-bond acceptors (Lipinski definition) is 3. The summed E-state index contributed by atoms with van der Waals surface area (Å²) in [5.74, 6) is -0.312. The van der Waals surface area contributed by atoms with E-state index in [0.717, 1.165) is 0 Å². The zero-order valence-corrected chi connectivity index (χ0v) is 5.64. The summed E-state index contributed by atoms with van der Waals surface area (Å²) in [7, 11) is -0.671. The Hall–Kier alpha value is -0.130. The van der Waals surface area contributed by atoms with Gasteiger partial charge in [0.25, 0.3) is 0 Å². The molecule has 5 heteroatoms. The van der Waals surface area contributed by atoms with Crippen molar-refractivity contribution in [1.29, 1.82) is 0 Å². The van der Waals surface area contributed by atoms with Gasteiger partial charge in [-0.1, -0.05) is 0 Å². The monoisotopic (exact) mass is 139 g/mol. The van der Waals surface area contributed by atoms with Crippen molar-refractivity contribution in [1.82, 2.24) is 4.90 Å². The first-order valence-corrected chi connectivity index (χ1v) is 3.62. The van der Waals surface area contributed by atoms with Gasteiger partial charge in [0.05, 0.1) is 0 Å². The van der Waals surface area contributed by atoms with E-state index in [9.17, 15) is 8.42 Å². The van der Waals surface area contributed by atoms with E-state index in [1.807, 2.05) is 0 Å². The van der Waals surface area contributed by atoms with Crippen LogP contribution in [0, 0.1) is 0 Å². The summed E-state index contributed by atoms with van der Waals surface area (Å²) >= 11 is 0. The molecule has 0 aliphatic heterocycles. The highest BCUT2D eigenvalue weighted by Crippen LogP contribution is 1.79. The first kappa shape index (κ1) is 7.87. The molecule has 0 atom stereocenters. The van der Waals surface area contributed by atoms with Gasteiger partial charge in [-0.15, -0.1) is 0 Å². The molecule has 49 valence electrons. The summed E-state index contributed by atoms with van der Waals surface area (Å²) in [5.41, 5.74) is 0. The normalized spacial score (nSPS) is 12.5. The van der Waals surface area contributed by atoms with E-state index in [1.165, 1.54) is 4.90 Å². The zero-order valence-electron chi connectivity index (χ0n) is 4.83. The van der Waals surface area contributed by atoms with Crippen molar-refractivity contribution in [2.24, 2.45) is 0 Å². The summed E-state index contributed by atoms with van der Waals surface area (Å²) in [6, 6.07) is 0. The average molecular weight is 139 g/mol. The average Bonchev–Trinajstić information content (AvgIpc) is 1.21. The Morgan fingerprint density at radius 3 is 1.88 bits per heavy atom. The summed E-state index contributed by atoms with van der Waals surface area (Å²) in [6.07, 6.45) is 0. The predicted octanol–water partition coefficient (Wildman–Crippen LogP) is -0.769. The molecule has 0 aromatic carbocycles. The Balaban J connectivity index is 3.75. The van der Waals surface area contributed by atoms with Crippen LogP contribution in [0.3, 0.4) is 0 Å². The zero-order chi connectivity index (χ0) is 6.78. The molecule has 0 bridgehead atoms. The smallest absolute Gasteiger partial charge is 0.281 e. The van der Waals surface area contributed by atoms with Crippen LogP contribution in [0.2, 0.25) is 0 Å². The van der Waals surface area contributed by atoms with Crippen LogP contribution in [-0.4, -0.2) is 32.9 Å². The third-order valence-electron chi connectivity index (χ3n) is 0.421. The first-order chi connectivity index (χ1) is 3.42. The second kappa shape index (κ2) is 2.43. The summed E-state index contributed by atoms with van der Waals surface area (Å²) < 4.78 is 28.0. The van der Waals surface area contributed by atoms with E-state index in [-0.39, 0.29) is 5.88 Å². The molecule has 0 aromatic rings. The van der Waals surface area contributed by atoms with E-state index in [0.29, 0.717) is 0 Å². The maximum absolute atomic E-state index is 9.96. The molecule has 1 radical (unpaired) electrons. The van der Waals surface area contributed by atoms with Gasteiger partial charge in [0.2, 0.25) is 5.88 Å². The van der Waals surface area contributed by atoms with Crippen LogP contribution >= 0.6 is 0 Å². The van der Waals surface area contributed by atoms with Crippen molar-refractivity contribution >= 4 is 10.1 Å². The first-order valence-electron chi connectivity index (χ1n) is 2.02. The molecule has 1 N–H and O–H groups in total. The van der Waals surface area contributed by atoms with Crippen molar-refractivity contribution in [2.45, 2.75) is 0 Å². The van der Waals surface area contributed by atoms with E-state index >= 15 is 0 Å². The third-order valence-corrected chi connectivity index (χ3v) is 1.26. The van der Waals surface area contributed by atoms with Gasteiger partial charge >= 0.3 is 10.1 Å². The number of rotatable bonds is 2. The van der Waals surface area contributed by atoms with Gasteiger partial charge in [-0.05, 0) is 0 Å². The lowest BCUT2D eigenvalue weighted by Crippen LogP contribution is -2.26. The van der Waals surface area contributed by atoms with Gasteiger partial charge in [0.1, 0.15) is 14.1 Å². The van der Waals surface area contributed by atoms with Crippen molar-refractivity contribution < 1.29 is 13.0 Å². The molecule has 0 unspecified atom stereocenters. The van der Waals surface area contributed by atoms with Crippen LogP contribution in [0.25, 0.3) is 0 Å². The lowest BCUT2D eigenvalue weighted by molar-refractivity contribution is 0.465. The van der Waals surface area contributed by atoms with Crippen LogP contribution in [-0.2, 0) is 10.1 Å². The van der Waals surface area contributed by atoms with Crippen LogP contribution in [0.5, 0.6) is 0 Å². The van der Waals surface area contributed by atoms with Gasteiger partial charge in [0, 0.05) is 0 Å². The maximum Gasteiger partial charge on any atom is 0.321 e. The molecule has 0 heterocycles. The standard InChI is InChI=1S/C3H9NO3S/c1-4(2)3-8(5,6)7/h3H2,1-2H3,(H,5,6,7)/q+1. The van der Waals surface area contributed by atoms with Crippen molar-refractivity contribution in [2.75, 3.05) is 20.0 Å². The molecule has 0 fully saturated rings. The molecular weight excluding hydrogens is 130 g/mol. The summed E-state index contributed by atoms with van der Waals surface area (Å²) in [5, 5.41) is 0. The maximum atomic E-state index is 9.96. The highest BCUT2D eigenvalue weighted by atomic mass is 32.2. The second-order valence-corrected chi connectivity index (χ2v) is 3.21. The van der Waals surface area contributed by atoms with Gasteiger partial charge in [-0.25, -0.2) is 0 Å². The molecule has 8 heavy (non-hydrogen) atoms. The molecular formula is C3H9NO3S+. The quantitative estimate of drug-likeness (QED) is 0.403. The fraction of sp³-hybridized carbons (Fsp3) is 1.00. The Morgan fingerprint density at radius 1 is 1.50 bits per heavy atom. The molecule has 0 aliphatic rings. The van der Waals surface area contributed by atoms with E-state index < -0.39 is 10.1 Å². The van der Waals surface area contributed by atoms with Crippen LogP contribution < -0.4 is 4.90 Å². The van der Waals surface area contributed by atoms with Crippen LogP contribution in [0.15, 0.2) is 0 Å². The highest BCUT2D eigenvalue weighted by Gasteiger charge is 2.11. The molecule has 0 aromatic heterocycles. The predicted molar refractivity (Wildman–Crippen MR) is 30.4 cm³/mol. The molecule has 0 saturated carbocycles. The van der Waals surface area contributed by atoms with Crippen molar-refractivity contribution in [3.05, 3.63) is 0 Å². The Morgan fingerprint density at radius 2 is 1.88 bits per heavy atom. The molecule has 4 nitrogen and oxygen atoms in total. The molecule has 0 spiro atoms. The minimum absolute atomic E-state index is 0.312. The molecule has 0 aliphatic carbocycles. The van der Waals surface area contributed by atoms with Crippen molar-refractivity contribution in [3.8, 4) is 0 Å². The van der Waals surface area contributed by atoms with Crippen molar-refractivity contribution in [3.63, 3.8) is 0 Å². The topological polar surface area (TPSA) is 60.3 Å². The molecule has 0 amide bonds. The molecule has 0 saturated heterocycles. The third kappa shape index (κ3) is 5.87. The minimum Gasteiger partial charge on any atom is -0.281 e. The Bertz CT molecular complexity index is 148. The lowest BCUT2D eigenvalue weighted by Gasteiger charge is -1.93. The largest absolute Gasteiger partial charge is 0.321 e. The lowest BCUT2D eigenvalue weighted by atomic mass is 11.0. The highest BCUT2D eigenvalue weighted by molar-refractivity contribution is 7.85. The minimum atomic E-state index is -3.80. The fourth-order valence-electron chi connectivity index (χ4n) is 0.326. The van der Waals surface area contributed by atoms with Gasteiger partial charge < -0.3 is 0 Å². The van der Waals surface area contributed by atoms with Crippen LogP contribution in [0.4, 0.5) is 0 Å².